The van der Waals surface area contributed by atoms with Crippen molar-refractivity contribution in [1.82, 2.24) is 0 Å². The maximum Gasteiger partial charge on any atom is 0.417 e. The van der Waals surface area contributed by atoms with Crippen molar-refractivity contribution in [3.63, 3.8) is 0 Å². The Balaban J connectivity index is 1.40. The summed E-state index contributed by atoms with van der Waals surface area (Å²) in [6.07, 6.45) is 10.4. The van der Waals surface area contributed by atoms with Crippen LogP contribution in [0.15, 0.2) is 97.1 Å². The number of ether oxygens (including phenoxy) is 2. The minimum absolute atomic E-state index is 0.481. The first kappa shape index (κ1) is 33.3. The monoisotopic (exact) mass is 606 g/mol. The molecule has 0 aliphatic heterocycles. The molecule has 6 heteroatoms. The average Bonchev–Trinajstić information content (AvgIpc) is 3.04. The number of hydrogen-bond donors (Lipinski definition) is 2. The van der Waals surface area contributed by atoms with E-state index in [4.69, 9.17) is 9.47 Å². The van der Waals surface area contributed by atoms with Gasteiger partial charge in [-0.2, -0.15) is 0 Å². The summed E-state index contributed by atoms with van der Waals surface area (Å²) in [6.45, 7) is 4.39. The van der Waals surface area contributed by atoms with E-state index in [9.17, 15) is 9.59 Å². The molecule has 0 spiro atoms. The van der Waals surface area contributed by atoms with Gasteiger partial charge in [0.2, 0.25) is 0 Å². The highest BCUT2D eigenvalue weighted by molar-refractivity contribution is 5.89. The van der Waals surface area contributed by atoms with Gasteiger partial charge in [0.05, 0.1) is 0 Å². The van der Waals surface area contributed by atoms with Crippen molar-refractivity contribution < 1.29 is 19.1 Å². The summed E-state index contributed by atoms with van der Waals surface area (Å²) in [7, 11) is 0. The molecule has 4 aromatic carbocycles. The zero-order valence-electron chi connectivity index (χ0n) is 26.6. The van der Waals surface area contributed by atoms with Gasteiger partial charge in [-0.05, 0) is 72.2 Å². The molecular formula is C39H46N2O4. The molecule has 2 N–H and O–H groups in total. The topological polar surface area (TPSA) is 76.7 Å². The summed E-state index contributed by atoms with van der Waals surface area (Å²) < 4.78 is 11.5. The van der Waals surface area contributed by atoms with Crippen LogP contribution in [0.3, 0.4) is 0 Å². The number of carbonyl (C=O) groups excluding carboxylic acids is 2. The van der Waals surface area contributed by atoms with Crippen molar-refractivity contribution in [3.8, 4) is 11.5 Å². The van der Waals surface area contributed by atoms with E-state index in [-0.39, 0.29) is 0 Å². The van der Waals surface area contributed by atoms with E-state index >= 15 is 0 Å². The van der Waals surface area contributed by atoms with Crippen molar-refractivity contribution in [2.24, 2.45) is 0 Å². The first-order valence-corrected chi connectivity index (χ1v) is 16.4. The Morgan fingerprint density at radius 1 is 0.489 bits per heavy atom. The van der Waals surface area contributed by atoms with Gasteiger partial charge in [0.15, 0.2) is 0 Å². The first-order chi connectivity index (χ1) is 22.1. The SMILES string of the molecule is CCCCCCc1ccccc1OC(=O)Nc1ccccc1Cc1ccccc1NC(=O)Oc1ccccc1CCCCCC. The number of rotatable bonds is 16. The highest BCUT2D eigenvalue weighted by Gasteiger charge is 2.15. The van der Waals surface area contributed by atoms with Crippen LogP contribution in [0.5, 0.6) is 11.5 Å². The predicted octanol–water partition coefficient (Wildman–Crippen LogP) is 10.7. The van der Waals surface area contributed by atoms with Crippen molar-refractivity contribution >= 4 is 23.6 Å². The fraction of sp³-hybridized carbons (Fsp3) is 0.333. The van der Waals surface area contributed by atoms with E-state index in [1.54, 1.807) is 0 Å². The van der Waals surface area contributed by atoms with Gasteiger partial charge in [0.25, 0.3) is 0 Å². The quantitative estimate of drug-likeness (QED) is 0.124. The van der Waals surface area contributed by atoms with E-state index in [1.807, 2.05) is 97.1 Å². The number of para-hydroxylation sites is 4. The Kier molecular flexibility index (Phi) is 13.5. The lowest BCUT2D eigenvalue weighted by molar-refractivity contribution is 0.213. The van der Waals surface area contributed by atoms with Crippen molar-refractivity contribution in [2.45, 2.75) is 84.5 Å². The number of carbonyl (C=O) groups is 2. The first-order valence-electron chi connectivity index (χ1n) is 16.4. The zero-order chi connectivity index (χ0) is 31.7. The highest BCUT2D eigenvalue weighted by atomic mass is 16.6. The van der Waals surface area contributed by atoms with Gasteiger partial charge in [-0.1, -0.05) is 125 Å². The van der Waals surface area contributed by atoms with Crippen molar-refractivity contribution in [1.29, 1.82) is 0 Å². The third-order valence-corrected chi connectivity index (χ3v) is 7.84. The molecule has 0 unspecified atom stereocenters. The number of amides is 2. The van der Waals surface area contributed by atoms with E-state index in [2.05, 4.69) is 24.5 Å². The molecule has 0 aliphatic rings. The minimum atomic E-state index is -0.535. The Morgan fingerprint density at radius 3 is 1.29 bits per heavy atom. The van der Waals surface area contributed by atoms with Crippen LogP contribution in [0.4, 0.5) is 21.0 Å². The Bertz CT molecular complexity index is 1400. The third-order valence-electron chi connectivity index (χ3n) is 7.84. The van der Waals surface area contributed by atoms with E-state index in [0.29, 0.717) is 29.3 Å². The summed E-state index contributed by atoms with van der Waals surface area (Å²) >= 11 is 0. The molecule has 236 valence electrons. The Hall–Kier alpha value is -4.58. The predicted molar refractivity (Wildman–Crippen MR) is 184 cm³/mol. The molecule has 0 heterocycles. The molecule has 0 radical (unpaired) electrons. The van der Waals surface area contributed by atoms with Crippen LogP contribution >= 0.6 is 0 Å². The second-order valence-electron chi connectivity index (χ2n) is 11.4. The van der Waals surface area contributed by atoms with Crippen LogP contribution in [0.1, 0.15) is 87.5 Å². The van der Waals surface area contributed by atoms with Gasteiger partial charge in [0, 0.05) is 17.8 Å². The smallest absolute Gasteiger partial charge is 0.410 e. The third kappa shape index (κ3) is 10.8. The van der Waals surface area contributed by atoms with Crippen LogP contribution < -0.4 is 20.1 Å². The summed E-state index contributed by atoms with van der Waals surface area (Å²) in [6, 6.07) is 30.7. The maximum absolute atomic E-state index is 13.0. The van der Waals surface area contributed by atoms with Crippen LogP contribution in [-0.2, 0) is 19.3 Å². The van der Waals surface area contributed by atoms with Crippen molar-refractivity contribution in [3.05, 3.63) is 119 Å². The molecule has 6 nitrogen and oxygen atoms in total. The number of benzene rings is 4. The normalized spacial score (nSPS) is 10.7. The molecule has 45 heavy (non-hydrogen) atoms. The second kappa shape index (κ2) is 18.3. The van der Waals surface area contributed by atoms with E-state index in [1.165, 1.54) is 25.7 Å². The molecule has 2 amide bonds. The molecule has 4 aromatic rings. The van der Waals surface area contributed by atoms with Gasteiger partial charge >= 0.3 is 12.2 Å². The molecule has 0 saturated carbocycles. The highest BCUT2D eigenvalue weighted by Crippen LogP contribution is 2.27. The van der Waals surface area contributed by atoms with Gasteiger partial charge in [0.1, 0.15) is 11.5 Å². The van der Waals surface area contributed by atoms with E-state index in [0.717, 1.165) is 60.8 Å². The molecule has 0 saturated heterocycles. The van der Waals surface area contributed by atoms with Crippen LogP contribution in [-0.4, -0.2) is 12.2 Å². The molecule has 0 fully saturated rings. The molecule has 4 rings (SSSR count). The standard InChI is InChI=1S/C39H46N2O4/c1-3-5-7-9-19-30-21-13-17-27-36(30)44-38(42)40-34-25-15-11-23-32(34)29-33-24-12-16-26-35(33)41-39(43)45-37-28-18-14-22-31(37)20-10-8-6-4-2/h11-18,21-28H,3-10,19-20,29H2,1-2H3,(H,40,42)(H,41,43). The summed E-state index contributed by atoms with van der Waals surface area (Å²) in [5.41, 5.74) is 5.14. The lowest BCUT2D eigenvalue weighted by atomic mass is 10.0. The number of anilines is 2. The zero-order valence-corrected chi connectivity index (χ0v) is 26.6. The fourth-order valence-electron chi connectivity index (χ4n) is 5.37. The van der Waals surface area contributed by atoms with Crippen LogP contribution in [0.2, 0.25) is 0 Å². The van der Waals surface area contributed by atoms with Gasteiger partial charge in [-0.15, -0.1) is 0 Å². The summed E-state index contributed by atoms with van der Waals surface area (Å²) in [4.78, 5) is 26.0. The lowest BCUT2D eigenvalue weighted by Crippen LogP contribution is -2.19. The van der Waals surface area contributed by atoms with Crippen LogP contribution in [0.25, 0.3) is 0 Å². The molecule has 0 aromatic heterocycles. The Morgan fingerprint density at radius 2 is 0.867 bits per heavy atom. The van der Waals surface area contributed by atoms with Gasteiger partial charge in [-0.3, -0.25) is 10.6 Å². The van der Waals surface area contributed by atoms with Crippen LogP contribution in [0, 0.1) is 0 Å². The second-order valence-corrected chi connectivity index (χ2v) is 11.4. The summed E-state index contributed by atoms with van der Waals surface area (Å²) in [5, 5.41) is 5.87. The minimum Gasteiger partial charge on any atom is -0.410 e. The number of nitrogens with one attached hydrogen (secondary N) is 2. The number of hydrogen-bond acceptors (Lipinski definition) is 4. The lowest BCUT2D eigenvalue weighted by Gasteiger charge is -2.16. The Labute approximate surface area is 268 Å². The average molecular weight is 607 g/mol. The van der Waals surface area contributed by atoms with Gasteiger partial charge < -0.3 is 9.47 Å². The fourth-order valence-corrected chi connectivity index (χ4v) is 5.37. The largest absolute Gasteiger partial charge is 0.417 e. The van der Waals surface area contributed by atoms with Crippen molar-refractivity contribution in [2.75, 3.05) is 10.6 Å². The molecule has 0 aliphatic carbocycles. The maximum atomic E-state index is 13.0. The molecule has 0 bridgehead atoms. The summed E-state index contributed by atoms with van der Waals surface area (Å²) in [5.74, 6) is 1.17. The van der Waals surface area contributed by atoms with Gasteiger partial charge in [-0.25, -0.2) is 9.59 Å². The van der Waals surface area contributed by atoms with E-state index < -0.39 is 12.2 Å². The molecular weight excluding hydrogens is 560 g/mol. The number of unbranched alkanes of at least 4 members (excludes halogenated alkanes) is 6. The number of aryl methyl sites for hydroxylation is 2. The molecule has 0 atom stereocenters.